The van der Waals surface area contributed by atoms with Gasteiger partial charge in [0.2, 0.25) is 0 Å². The number of nitrogens with zero attached hydrogens (tertiary/aromatic N) is 1. The summed E-state index contributed by atoms with van der Waals surface area (Å²) in [5.41, 5.74) is 2.68. The Morgan fingerprint density at radius 1 is 1.04 bits per heavy atom. The van der Waals surface area contributed by atoms with Crippen LogP contribution in [0, 0.1) is 0 Å². The van der Waals surface area contributed by atoms with E-state index in [1.165, 1.54) is 19.1 Å². The van der Waals surface area contributed by atoms with Crippen LogP contribution in [0.2, 0.25) is 10.0 Å². The largest absolute Gasteiger partial charge is 0.345 e. The van der Waals surface area contributed by atoms with Crippen LogP contribution in [0.25, 0.3) is 0 Å². The van der Waals surface area contributed by atoms with E-state index in [-0.39, 0.29) is 6.04 Å². The number of carbonyl (C=O) groups is 2. The van der Waals surface area contributed by atoms with E-state index in [1.54, 1.807) is 18.2 Å². The smallest absolute Gasteiger partial charge is 0.329 e. The number of hydrogen-bond acceptors (Lipinski definition) is 3. The fourth-order valence-corrected chi connectivity index (χ4v) is 3.01. The lowest BCUT2D eigenvalue weighted by Crippen LogP contribution is -2.43. The van der Waals surface area contributed by atoms with Gasteiger partial charge in [-0.3, -0.25) is 9.59 Å². The molecule has 1 aromatic carbocycles. The minimum Gasteiger partial charge on any atom is -0.345 e. The molecule has 1 aromatic rings. The molecule has 0 aromatic heterocycles. The molecule has 0 bridgehead atoms. The molecule has 0 radical (unpaired) electrons. The van der Waals surface area contributed by atoms with Crippen LogP contribution in [0.15, 0.2) is 23.3 Å². The van der Waals surface area contributed by atoms with Crippen molar-refractivity contribution in [2.75, 3.05) is 0 Å². The number of benzene rings is 1. The van der Waals surface area contributed by atoms with Crippen molar-refractivity contribution in [2.45, 2.75) is 44.6 Å². The molecule has 1 aliphatic rings. The van der Waals surface area contributed by atoms with Crippen LogP contribution in [0.1, 0.15) is 44.1 Å². The quantitative estimate of drug-likeness (QED) is 0.378. The van der Waals surface area contributed by atoms with E-state index in [2.05, 4.69) is 15.8 Å². The number of nitrogens with one attached hydrogen (secondary N) is 2. The highest BCUT2D eigenvalue weighted by molar-refractivity contribution is 6.38. The van der Waals surface area contributed by atoms with Crippen LogP contribution >= 0.6 is 23.2 Å². The summed E-state index contributed by atoms with van der Waals surface area (Å²) in [6, 6.07) is 5.10. The molecule has 5 nitrogen and oxygen atoms in total. The summed E-state index contributed by atoms with van der Waals surface area (Å²) in [7, 11) is 0. The Balaban J connectivity index is 1.86. The Morgan fingerprint density at radius 3 is 2.26 bits per heavy atom. The van der Waals surface area contributed by atoms with E-state index < -0.39 is 11.8 Å². The lowest BCUT2D eigenvalue weighted by Gasteiger charge is -2.15. The minimum atomic E-state index is -0.798. The van der Waals surface area contributed by atoms with E-state index in [0.29, 0.717) is 15.6 Å². The molecule has 2 N–H and O–H groups in total. The van der Waals surface area contributed by atoms with Crippen LogP contribution in [-0.4, -0.2) is 24.1 Å². The molecule has 2 rings (SSSR count). The minimum absolute atomic E-state index is 0.0674. The average Bonchev–Trinajstić information content (AvgIpc) is 2.78. The highest BCUT2D eigenvalue weighted by Crippen LogP contribution is 2.22. The Labute approximate surface area is 145 Å². The second kappa shape index (κ2) is 8.89. The number of carbonyl (C=O) groups excluding carboxylic acids is 2. The first-order valence-corrected chi connectivity index (χ1v) is 8.41. The molecule has 0 unspecified atom stereocenters. The standard InChI is InChI=1S/C16H19Cl2N3O2/c17-13-8-5-9-14(18)12(13)10-19-21-16(23)15(22)20-11-6-3-1-2-4-7-11/h5,8-11H,1-4,6-7H2,(H,20,22)(H,21,23)/b19-10-. The van der Waals surface area contributed by atoms with Gasteiger partial charge in [0.25, 0.3) is 0 Å². The summed E-state index contributed by atoms with van der Waals surface area (Å²) < 4.78 is 0. The third-order valence-corrected chi connectivity index (χ3v) is 4.42. The summed E-state index contributed by atoms with van der Waals surface area (Å²) >= 11 is 12.0. The van der Waals surface area contributed by atoms with Crippen LogP contribution in [-0.2, 0) is 9.59 Å². The highest BCUT2D eigenvalue weighted by atomic mass is 35.5. The molecule has 1 saturated carbocycles. The maximum Gasteiger partial charge on any atom is 0.329 e. The van der Waals surface area contributed by atoms with Crippen molar-refractivity contribution in [3.05, 3.63) is 33.8 Å². The SMILES string of the molecule is O=C(N/N=C\c1c(Cl)cccc1Cl)C(=O)NC1CCCCCC1. The molecule has 0 saturated heterocycles. The van der Waals surface area contributed by atoms with Gasteiger partial charge in [0, 0.05) is 11.6 Å². The van der Waals surface area contributed by atoms with Gasteiger partial charge in [-0.1, -0.05) is 55.0 Å². The molecule has 1 fully saturated rings. The number of amides is 2. The molecule has 0 aliphatic heterocycles. The third kappa shape index (κ3) is 5.52. The van der Waals surface area contributed by atoms with Crippen molar-refractivity contribution in [1.82, 2.24) is 10.7 Å². The molecule has 1 aliphatic carbocycles. The predicted octanol–water partition coefficient (Wildman–Crippen LogP) is 3.28. The number of rotatable bonds is 3. The van der Waals surface area contributed by atoms with E-state index in [0.717, 1.165) is 25.7 Å². The Hall–Kier alpha value is -1.59. The maximum atomic E-state index is 11.9. The molecular weight excluding hydrogens is 337 g/mol. The molecule has 7 heteroatoms. The van der Waals surface area contributed by atoms with Gasteiger partial charge in [-0.05, 0) is 25.0 Å². The Morgan fingerprint density at radius 2 is 1.65 bits per heavy atom. The highest BCUT2D eigenvalue weighted by Gasteiger charge is 2.19. The monoisotopic (exact) mass is 355 g/mol. The van der Waals surface area contributed by atoms with Crippen LogP contribution in [0.5, 0.6) is 0 Å². The maximum absolute atomic E-state index is 11.9. The fourth-order valence-electron chi connectivity index (χ4n) is 2.51. The first-order valence-electron chi connectivity index (χ1n) is 7.66. The van der Waals surface area contributed by atoms with Gasteiger partial charge in [-0.15, -0.1) is 0 Å². The summed E-state index contributed by atoms with van der Waals surface area (Å²) in [6.07, 6.45) is 7.67. The van der Waals surface area contributed by atoms with Crippen molar-refractivity contribution in [3.8, 4) is 0 Å². The Bertz CT molecular complexity index is 577. The van der Waals surface area contributed by atoms with Crippen LogP contribution in [0.3, 0.4) is 0 Å². The molecule has 124 valence electrons. The summed E-state index contributed by atoms with van der Waals surface area (Å²) in [6.45, 7) is 0. The van der Waals surface area contributed by atoms with E-state index in [4.69, 9.17) is 23.2 Å². The van der Waals surface area contributed by atoms with Gasteiger partial charge in [0.15, 0.2) is 0 Å². The first kappa shape index (κ1) is 17.8. The summed E-state index contributed by atoms with van der Waals surface area (Å²) in [4.78, 5) is 23.6. The zero-order valence-corrected chi connectivity index (χ0v) is 14.2. The molecule has 0 heterocycles. The van der Waals surface area contributed by atoms with Crippen molar-refractivity contribution >= 4 is 41.2 Å². The second-order valence-corrected chi connectivity index (χ2v) is 6.31. The first-order chi connectivity index (χ1) is 11.1. The molecule has 2 amide bonds. The summed E-state index contributed by atoms with van der Waals surface area (Å²) in [5.74, 6) is -1.46. The van der Waals surface area contributed by atoms with Gasteiger partial charge in [-0.2, -0.15) is 5.10 Å². The third-order valence-electron chi connectivity index (χ3n) is 3.76. The van der Waals surface area contributed by atoms with Crippen molar-refractivity contribution < 1.29 is 9.59 Å². The number of halogens is 2. The predicted molar refractivity (Wildman–Crippen MR) is 91.8 cm³/mol. The van der Waals surface area contributed by atoms with Crippen molar-refractivity contribution in [1.29, 1.82) is 0 Å². The van der Waals surface area contributed by atoms with E-state index in [1.807, 2.05) is 0 Å². The Kier molecular flexibility index (Phi) is 6.86. The van der Waals surface area contributed by atoms with Gasteiger partial charge >= 0.3 is 11.8 Å². The zero-order chi connectivity index (χ0) is 16.7. The fraction of sp³-hybridized carbons (Fsp3) is 0.438. The van der Waals surface area contributed by atoms with Crippen molar-refractivity contribution in [2.24, 2.45) is 5.10 Å². The topological polar surface area (TPSA) is 70.6 Å². The number of hydrogen-bond donors (Lipinski definition) is 2. The normalized spacial score (nSPS) is 16.1. The lowest BCUT2D eigenvalue weighted by atomic mass is 10.1. The average molecular weight is 356 g/mol. The lowest BCUT2D eigenvalue weighted by molar-refractivity contribution is -0.139. The van der Waals surface area contributed by atoms with Crippen molar-refractivity contribution in [3.63, 3.8) is 0 Å². The van der Waals surface area contributed by atoms with Gasteiger partial charge in [0.1, 0.15) is 0 Å². The molecule has 0 atom stereocenters. The van der Waals surface area contributed by atoms with Crippen LogP contribution < -0.4 is 10.7 Å². The molecular formula is C16H19Cl2N3O2. The van der Waals surface area contributed by atoms with Gasteiger partial charge in [0.05, 0.1) is 16.3 Å². The van der Waals surface area contributed by atoms with Crippen LogP contribution in [0.4, 0.5) is 0 Å². The second-order valence-electron chi connectivity index (χ2n) is 5.50. The van der Waals surface area contributed by atoms with Gasteiger partial charge in [-0.25, -0.2) is 5.43 Å². The number of hydrazone groups is 1. The van der Waals surface area contributed by atoms with E-state index in [9.17, 15) is 9.59 Å². The zero-order valence-electron chi connectivity index (χ0n) is 12.6. The van der Waals surface area contributed by atoms with Gasteiger partial charge < -0.3 is 5.32 Å². The molecule has 0 spiro atoms. The molecule has 23 heavy (non-hydrogen) atoms. The van der Waals surface area contributed by atoms with E-state index >= 15 is 0 Å². The summed E-state index contributed by atoms with van der Waals surface area (Å²) in [5, 5.41) is 7.33.